The Balaban J connectivity index is 1.44. The number of aryl methyl sites for hydroxylation is 1. The number of hydrogen-bond acceptors (Lipinski definition) is 7. The summed E-state index contributed by atoms with van der Waals surface area (Å²) in [6.45, 7) is 5.11. The lowest BCUT2D eigenvalue weighted by atomic mass is 9.96. The summed E-state index contributed by atoms with van der Waals surface area (Å²) in [5.41, 5.74) is 3.39. The molecule has 4 aromatic heterocycles. The lowest BCUT2D eigenvalue weighted by Crippen LogP contribution is -2.51. The lowest BCUT2D eigenvalue weighted by Gasteiger charge is -2.29. The molecule has 0 aromatic carbocycles. The van der Waals surface area contributed by atoms with Crippen LogP contribution < -0.4 is 10.2 Å². The van der Waals surface area contributed by atoms with Gasteiger partial charge >= 0.3 is 0 Å². The largest absolute Gasteiger partial charge is 0.463 e. The molecule has 2 atom stereocenters. The van der Waals surface area contributed by atoms with Crippen LogP contribution in [0, 0.1) is 5.92 Å². The van der Waals surface area contributed by atoms with Crippen LogP contribution >= 0.6 is 23.4 Å². The summed E-state index contributed by atoms with van der Waals surface area (Å²) in [6.07, 6.45) is 4.30. The van der Waals surface area contributed by atoms with Gasteiger partial charge in [-0.1, -0.05) is 18.5 Å². The summed E-state index contributed by atoms with van der Waals surface area (Å²) >= 11 is 8.20. The molecule has 4 aromatic rings. The van der Waals surface area contributed by atoms with E-state index in [1.54, 1.807) is 6.26 Å². The zero-order valence-corrected chi connectivity index (χ0v) is 17.3. The van der Waals surface area contributed by atoms with Gasteiger partial charge in [0.15, 0.2) is 10.7 Å². The molecule has 2 aliphatic rings. The van der Waals surface area contributed by atoms with Crippen LogP contribution in [0.4, 0.5) is 5.82 Å². The van der Waals surface area contributed by atoms with E-state index < -0.39 is 0 Å². The van der Waals surface area contributed by atoms with Gasteiger partial charge in [-0.2, -0.15) is 0 Å². The fourth-order valence-electron chi connectivity index (χ4n) is 4.20. The van der Waals surface area contributed by atoms with Crippen molar-refractivity contribution in [2.45, 2.75) is 29.4 Å². The van der Waals surface area contributed by atoms with Gasteiger partial charge < -0.3 is 19.6 Å². The van der Waals surface area contributed by atoms with Crippen LogP contribution in [0.25, 0.3) is 22.1 Å². The number of aromatic nitrogens is 4. The van der Waals surface area contributed by atoms with Crippen molar-refractivity contribution in [3.63, 3.8) is 0 Å². The molecular weight excluding hydrogens is 408 g/mol. The minimum Gasteiger partial charge on any atom is -0.463 e. The Hall–Kier alpha value is -2.29. The van der Waals surface area contributed by atoms with Crippen molar-refractivity contribution in [2.24, 2.45) is 5.92 Å². The molecule has 0 radical (unpaired) electrons. The maximum Gasteiger partial charge on any atom is 0.196 e. The van der Waals surface area contributed by atoms with Crippen LogP contribution in [-0.2, 0) is 6.42 Å². The third-order valence-electron chi connectivity index (χ3n) is 5.85. The van der Waals surface area contributed by atoms with E-state index in [0.717, 1.165) is 69.6 Å². The van der Waals surface area contributed by atoms with E-state index in [0.29, 0.717) is 17.1 Å². The van der Waals surface area contributed by atoms with Crippen LogP contribution in [0.1, 0.15) is 12.6 Å². The molecule has 7 nitrogen and oxygen atoms in total. The van der Waals surface area contributed by atoms with Crippen molar-refractivity contribution in [3.05, 3.63) is 35.3 Å². The number of nitrogens with one attached hydrogen (secondary N) is 2. The molecule has 2 fully saturated rings. The van der Waals surface area contributed by atoms with E-state index in [2.05, 4.69) is 27.1 Å². The Labute approximate surface area is 176 Å². The summed E-state index contributed by atoms with van der Waals surface area (Å²) < 4.78 is 5.48. The molecule has 0 aliphatic carbocycles. The van der Waals surface area contributed by atoms with Gasteiger partial charge in [-0.05, 0) is 24.2 Å². The second-order valence-electron chi connectivity index (χ2n) is 7.58. The van der Waals surface area contributed by atoms with Crippen molar-refractivity contribution < 1.29 is 4.42 Å². The molecule has 9 heteroatoms. The van der Waals surface area contributed by atoms with E-state index in [1.807, 2.05) is 18.3 Å². The van der Waals surface area contributed by atoms with Crippen molar-refractivity contribution in [2.75, 3.05) is 24.5 Å². The van der Waals surface area contributed by atoms with Gasteiger partial charge in [0, 0.05) is 54.4 Å². The van der Waals surface area contributed by atoms with Crippen LogP contribution in [0.15, 0.2) is 39.1 Å². The van der Waals surface area contributed by atoms with Crippen molar-refractivity contribution >= 4 is 51.3 Å². The number of halogens is 1. The highest BCUT2D eigenvalue weighted by Gasteiger charge is 2.40. The SMILES string of the molecule is CCc1[nH]c2nc(Sc3cnc4ccoc4c3)nc(N3CC4CNC4C3)c2c1Cl. The monoisotopic (exact) mass is 426 g/mol. The molecule has 6 rings (SSSR count). The molecule has 148 valence electrons. The minimum atomic E-state index is 0.546. The van der Waals surface area contributed by atoms with Crippen molar-refractivity contribution in [3.8, 4) is 0 Å². The quantitative estimate of drug-likeness (QED) is 0.479. The molecule has 29 heavy (non-hydrogen) atoms. The molecule has 0 saturated carbocycles. The van der Waals surface area contributed by atoms with E-state index in [-0.39, 0.29) is 0 Å². The zero-order chi connectivity index (χ0) is 19.5. The van der Waals surface area contributed by atoms with Gasteiger partial charge in [-0.15, -0.1) is 0 Å². The summed E-state index contributed by atoms with van der Waals surface area (Å²) in [5.74, 6) is 1.60. The van der Waals surface area contributed by atoms with Gasteiger partial charge in [-0.25, -0.2) is 9.97 Å². The Morgan fingerprint density at radius 3 is 3.03 bits per heavy atom. The van der Waals surface area contributed by atoms with E-state index >= 15 is 0 Å². The summed E-state index contributed by atoms with van der Waals surface area (Å²) in [5, 5.41) is 5.84. The highest BCUT2D eigenvalue weighted by molar-refractivity contribution is 7.99. The predicted molar refractivity (Wildman–Crippen MR) is 114 cm³/mol. The number of anilines is 1. The van der Waals surface area contributed by atoms with E-state index in [9.17, 15) is 0 Å². The first-order valence-corrected chi connectivity index (χ1v) is 11.0. The molecule has 0 amide bonds. The smallest absolute Gasteiger partial charge is 0.196 e. The van der Waals surface area contributed by atoms with Crippen LogP contribution in [-0.4, -0.2) is 45.6 Å². The lowest BCUT2D eigenvalue weighted by molar-refractivity contribution is 0.297. The molecule has 2 N–H and O–H groups in total. The first-order valence-electron chi connectivity index (χ1n) is 9.77. The van der Waals surface area contributed by atoms with Crippen LogP contribution in [0.5, 0.6) is 0 Å². The average Bonchev–Trinajstić information content (AvgIpc) is 3.38. The van der Waals surface area contributed by atoms with Crippen molar-refractivity contribution in [1.29, 1.82) is 0 Å². The summed E-state index contributed by atoms with van der Waals surface area (Å²) in [6, 6.07) is 4.37. The highest BCUT2D eigenvalue weighted by Crippen LogP contribution is 2.39. The number of fused-ring (bicyclic) bond motifs is 3. The van der Waals surface area contributed by atoms with E-state index in [4.69, 9.17) is 26.0 Å². The third kappa shape index (κ3) is 2.81. The van der Waals surface area contributed by atoms with Gasteiger partial charge in [0.05, 0.1) is 16.7 Å². The number of furan rings is 1. The zero-order valence-electron chi connectivity index (χ0n) is 15.8. The molecular formula is C20H19ClN6OS. The number of H-pyrrole nitrogens is 1. The van der Waals surface area contributed by atoms with Crippen LogP contribution in [0.3, 0.4) is 0 Å². The Bertz CT molecular complexity index is 1220. The number of rotatable bonds is 4. The highest BCUT2D eigenvalue weighted by atomic mass is 35.5. The molecule has 0 bridgehead atoms. The molecule has 2 unspecified atom stereocenters. The number of nitrogens with zero attached hydrogens (tertiary/aromatic N) is 4. The third-order valence-corrected chi connectivity index (χ3v) is 7.09. The van der Waals surface area contributed by atoms with Gasteiger partial charge in [-0.3, -0.25) is 4.98 Å². The summed E-state index contributed by atoms with van der Waals surface area (Å²) in [7, 11) is 0. The first-order chi connectivity index (χ1) is 14.2. The molecule has 2 aliphatic heterocycles. The topological polar surface area (TPSA) is 82.9 Å². The van der Waals surface area contributed by atoms with Gasteiger partial charge in [0.2, 0.25) is 0 Å². The van der Waals surface area contributed by atoms with Crippen molar-refractivity contribution in [1.82, 2.24) is 25.3 Å². The Kier molecular flexibility index (Phi) is 4.01. The Morgan fingerprint density at radius 1 is 1.34 bits per heavy atom. The second kappa shape index (κ2) is 6.62. The number of aromatic amines is 1. The minimum absolute atomic E-state index is 0.546. The second-order valence-corrected chi connectivity index (χ2v) is 9.00. The first kappa shape index (κ1) is 17.6. The fraction of sp³-hybridized carbons (Fsp3) is 0.350. The maximum absolute atomic E-state index is 6.71. The summed E-state index contributed by atoms with van der Waals surface area (Å²) in [4.78, 5) is 20.8. The van der Waals surface area contributed by atoms with Gasteiger partial charge in [0.1, 0.15) is 17.0 Å². The average molecular weight is 427 g/mol. The molecule has 6 heterocycles. The number of hydrogen-bond donors (Lipinski definition) is 2. The number of pyridine rings is 1. The molecule has 0 spiro atoms. The molecule has 2 saturated heterocycles. The predicted octanol–water partition coefficient (Wildman–Crippen LogP) is 3.87. The maximum atomic E-state index is 6.71. The standard InChI is InChI=1S/C20H19ClN6OS/c1-2-12-17(21)16-18(24-12)25-20(26-19(16)27-8-10-6-22-14(10)9-27)29-11-5-15-13(23-7-11)3-4-28-15/h3-5,7,10,14,22H,2,6,8-9H2,1H3,(H,24,25,26). The van der Waals surface area contributed by atoms with E-state index in [1.165, 1.54) is 11.8 Å². The Morgan fingerprint density at radius 2 is 2.28 bits per heavy atom. The van der Waals surface area contributed by atoms with Crippen LogP contribution in [0.2, 0.25) is 5.02 Å². The normalized spacial score (nSPS) is 21.1. The fourth-order valence-corrected chi connectivity index (χ4v) is 5.31. The van der Waals surface area contributed by atoms with Gasteiger partial charge in [0.25, 0.3) is 0 Å².